The lowest BCUT2D eigenvalue weighted by atomic mass is 10.2. The molecule has 1 unspecified atom stereocenters. The van der Waals surface area contributed by atoms with E-state index in [1.807, 2.05) is 24.4 Å². The minimum absolute atomic E-state index is 0.0988. The van der Waals surface area contributed by atoms with Crippen molar-refractivity contribution in [3.8, 4) is 6.07 Å². The molecule has 5 nitrogen and oxygen atoms in total. The van der Waals surface area contributed by atoms with Gasteiger partial charge in [-0.2, -0.15) is 10.4 Å². The smallest absolute Gasteiger partial charge is 0.150 e. The van der Waals surface area contributed by atoms with E-state index in [9.17, 15) is 0 Å². The number of rotatable bonds is 2. The van der Waals surface area contributed by atoms with Crippen LogP contribution in [0.4, 0.5) is 0 Å². The summed E-state index contributed by atoms with van der Waals surface area (Å²) in [4.78, 5) is 6.33. The molecule has 1 N–H and O–H groups in total. The zero-order chi connectivity index (χ0) is 11.5. The summed E-state index contributed by atoms with van der Waals surface area (Å²) >= 11 is 1.55. The van der Waals surface area contributed by atoms with Crippen LogP contribution in [-0.2, 0) is 0 Å². The van der Waals surface area contributed by atoms with Crippen LogP contribution < -0.4 is 0 Å². The zero-order valence-corrected chi connectivity index (χ0v) is 9.82. The van der Waals surface area contributed by atoms with Gasteiger partial charge in [0.15, 0.2) is 0 Å². The van der Waals surface area contributed by atoms with Gasteiger partial charge in [-0.15, -0.1) is 11.8 Å². The third-order valence-corrected chi connectivity index (χ3v) is 3.29. The van der Waals surface area contributed by atoms with Crippen molar-refractivity contribution in [1.29, 1.82) is 5.26 Å². The second-order valence-electron chi connectivity index (χ2n) is 3.33. The molecule has 1 aliphatic heterocycles. The number of H-pyrrole nitrogens is 1. The predicted octanol–water partition coefficient (Wildman–Crippen LogP) is 1.52. The molecule has 82 valence electrons. The van der Waals surface area contributed by atoms with Crippen molar-refractivity contribution in [3.63, 3.8) is 0 Å². The van der Waals surface area contributed by atoms with Crippen LogP contribution in [0, 0.1) is 11.3 Å². The molecule has 0 saturated heterocycles. The fourth-order valence-electron chi connectivity index (χ4n) is 1.64. The summed E-state index contributed by atoms with van der Waals surface area (Å²) in [5.74, 6) is 0. The Bertz CT molecular complexity index is 468. The van der Waals surface area contributed by atoms with E-state index in [1.54, 1.807) is 24.2 Å². The molecule has 0 bridgehead atoms. The molecular weight excluding hydrogens is 222 g/mol. The Morgan fingerprint density at radius 1 is 1.62 bits per heavy atom. The molecule has 1 atom stereocenters. The lowest BCUT2D eigenvalue weighted by Gasteiger charge is -2.30. The predicted molar refractivity (Wildman–Crippen MR) is 63.7 cm³/mol. The number of nitriles is 1. The number of aromatic nitrogens is 2. The van der Waals surface area contributed by atoms with E-state index >= 15 is 0 Å². The quantitative estimate of drug-likeness (QED) is 0.841. The van der Waals surface area contributed by atoms with Crippen LogP contribution in [0.2, 0.25) is 0 Å². The first-order chi connectivity index (χ1) is 7.77. The SMILES string of the molecule is CSC1=C(C#N)C=NC(c2cn[nH]c2)N1C. The minimum atomic E-state index is -0.0988. The number of hydrogen-bond acceptors (Lipinski definition) is 5. The summed E-state index contributed by atoms with van der Waals surface area (Å²) in [6.07, 6.45) is 7.04. The first kappa shape index (κ1) is 10.8. The maximum absolute atomic E-state index is 8.97. The molecular formula is C10H11N5S. The highest BCUT2D eigenvalue weighted by molar-refractivity contribution is 8.02. The van der Waals surface area contributed by atoms with Crippen molar-refractivity contribution < 1.29 is 0 Å². The van der Waals surface area contributed by atoms with Crippen molar-refractivity contribution in [3.05, 3.63) is 28.6 Å². The van der Waals surface area contributed by atoms with E-state index in [-0.39, 0.29) is 6.17 Å². The van der Waals surface area contributed by atoms with E-state index in [0.29, 0.717) is 5.57 Å². The van der Waals surface area contributed by atoms with Crippen LogP contribution in [0.1, 0.15) is 11.7 Å². The fraction of sp³-hybridized carbons (Fsp3) is 0.300. The fourth-order valence-corrected chi connectivity index (χ4v) is 2.35. The van der Waals surface area contributed by atoms with E-state index in [0.717, 1.165) is 10.6 Å². The third-order valence-electron chi connectivity index (χ3n) is 2.39. The Morgan fingerprint density at radius 3 is 3.00 bits per heavy atom. The molecule has 2 heterocycles. The second-order valence-corrected chi connectivity index (χ2v) is 4.12. The Labute approximate surface area is 97.9 Å². The average Bonchev–Trinajstić information content (AvgIpc) is 2.81. The van der Waals surface area contributed by atoms with Crippen molar-refractivity contribution >= 4 is 18.0 Å². The van der Waals surface area contributed by atoms with Gasteiger partial charge in [0.1, 0.15) is 12.2 Å². The number of hydrogen-bond donors (Lipinski definition) is 1. The van der Waals surface area contributed by atoms with Crippen LogP contribution in [0.25, 0.3) is 0 Å². The summed E-state index contributed by atoms with van der Waals surface area (Å²) in [7, 11) is 1.93. The molecule has 0 aromatic carbocycles. The minimum Gasteiger partial charge on any atom is -0.343 e. The van der Waals surface area contributed by atoms with Crippen LogP contribution in [-0.4, -0.2) is 34.6 Å². The molecule has 2 rings (SSSR count). The summed E-state index contributed by atoms with van der Waals surface area (Å²) in [5.41, 5.74) is 1.59. The first-order valence-electron chi connectivity index (χ1n) is 4.71. The lowest BCUT2D eigenvalue weighted by molar-refractivity contribution is 0.335. The monoisotopic (exact) mass is 233 g/mol. The topological polar surface area (TPSA) is 68.1 Å². The highest BCUT2D eigenvalue weighted by atomic mass is 32.2. The summed E-state index contributed by atoms with van der Waals surface area (Å²) in [5, 5.41) is 16.6. The van der Waals surface area contributed by atoms with E-state index in [1.165, 1.54) is 0 Å². The maximum Gasteiger partial charge on any atom is 0.150 e. The molecule has 0 spiro atoms. The zero-order valence-electron chi connectivity index (χ0n) is 9.01. The standard InChI is InChI=1S/C10H11N5S/c1-15-9(8-5-13-14-6-8)12-4-7(3-11)10(15)16-2/h4-6,9H,1-2H3,(H,13,14). The molecule has 1 aliphatic rings. The molecule has 0 radical (unpaired) electrons. The first-order valence-corrected chi connectivity index (χ1v) is 5.93. The van der Waals surface area contributed by atoms with Gasteiger partial charge in [-0.3, -0.25) is 10.1 Å². The van der Waals surface area contributed by atoms with Crippen molar-refractivity contribution in [2.45, 2.75) is 6.17 Å². The van der Waals surface area contributed by atoms with Crippen molar-refractivity contribution in [2.75, 3.05) is 13.3 Å². The molecule has 1 aromatic rings. The van der Waals surface area contributed by atoms with Gasteiger partial charge in [0, 0.05) is 25.0 Å². The van der Waals surface area contributed by atoms with E-state index in [2.05, 4.69) is 21.3 Å². The van der Waals surface area contributed by atoms with Crippen LogP contribution >= 0.6 is 11.8 Å². The number of aromatic amines is 1. The second kappa shape index (κ2) is 4.41. The Balaban J connectivity index is 2.35. The van der Waals surface area contributed by atoms with E-state index < -0.39 is 0 Å². The largest absolute Gasteiger partial charge is 0.343 e. The summed E-state index contributed by atoms with van der Waals surface area (Å²) < 4.78 is 0. The van der Waals surface area contributed by atoms with Gasteiger partial charge >= 0.3 is 0 Å². The third kappa shape index (κ3) is 1.70. The molecule has 1 aromatic heterocycles. The Morgan fingerprint density at radius 2 is 2.44 bits per heavy atom. The van der Waals surface area contributed by atoms with Gasteiger partial charge in [0.05, 0.1) is 16.8 Å². The van der Waals surface area contributed by atoms with Crippen LogP contribution in [0.5, 0.6) is 0 Å². The highest BCUT2D eigenvalue weighted by Crippen LogP contribution is 2.32. The molecule has 0 amide bonds. The van der Waals surface area contributed by atoms with Gasteiger partial charge in [-0.1, -0.05) is 0 Å². The van der Waals surface area contributed by atoms with Crippen molar-refractivity contribution in [1.82, 2.24) is 15.1 Å². The molecule has 0 saturated carbocycles. The molecule has 16 heavy (non-hydrogen) atoms. The maximum atomic E-state index is 8.97. The van der Waals surface area contributed by atoms with Gasteiger partial charge < -0.3 is 4.90 Å². The number of thioether (sulfide) groups is 1. The summed E-state index contributed by atoms with van der Waals surface area (Å²) in [6, 6.07) is 2.15. The van der Waals surface area contributed by atoms with Gasteiger partial charge in [0.2, 0.25) is 0 Å². The average molecular weight is 233 g/mol. The number of nitrogens with zero attached hydrogens (tertiary/aromatic N) is 4. The van der Waals surface area contributed by atoms with Gasteiger partial charge in [-0.25, -0.2) is 0 Å². The molecule has 6 heteroatoms. The summed E-state index contributed by atoms with van der Waals surface area (Å²) in [6.45, 7) is 0. The van der Waals surface area contributed by atoms with E-state index in [4.69, 9.17) is 5.26 Å². The van der Waals surface area contributed by atoms with Crippen LogP contribution in [0.15, 0.2) is 28.0 Å². The number of aliphatic imine (C=N–C) groups is 1. The van der Waals surface area contributed by atoms with Crippen molar-refractivity contribution in [2.24, 2.45) is 4.99 Å². The lowest BCUT2D eigenvalue weighted by Crippen LogP contribution is -2.25. The Hall–Kier alpha value is -1.74. The van der Waals surface area contributed by atoms with Gasteiger partial charge in [0.25, 0.3) is 0 Å². The van der Waals surface area contributed by atoms with Crippen LogP contribution in [0.3, 0.4) is 0 Å². The molecule has 0 aliphatic carbocycles. The number of nitrogens with one attached hydrogen (secondary N) is 1. The number of allylic oxidation sites excluding steroid dienone is 1. The molecule has 0 fully saturated rings. The Kier molecular flexibility index (Phi) is 2.97. The van der Waals surface area contributed by atoms with Gasteiger partial charge in [-0.05, 0) is 6.26 Å². The normalized spacial score (nSPS) is 20.1. The highest BCUT2D eigenvalue weighted by Gasteiger charge is 2.24.